The zero-order chi connectivity index (χ0) is 13.3. The van der Waals surface area contributed by atoms with Gasteiger partial charge in [0.05, 0.1) is 6.54 Å². The van der Waals surface area contributed by atoms with Crippen LogP contribution in [0.15, 0.2) is 15.0 Å². The van der Waals surface area contributed by atoms with Gasteiger partial charge in [0.15, 0.2) is 0 Å². The molecule has 0 aliphatic carbocycles. The number of nitrogens with zero attached hydrogens (tertiary/aromatic N) is 4. The molecular formula is C10H13N5O2S. The highest BCUT2D eigenvalue weighted by atomic mass is 32.1. The Labute approximate surface area is 107 Å². The fraction of sp³-hybridized carbons (Fsp3) is 0.400. The molecule has 0 fully saturated rings. The van der Waals surface area contributed by atoms with E-state index in [0.29, 0.717) is 6.54 Å². The predicted molar refractivity (Wildman–Crippen MR) is 68.9 cm³/mol. The minimum Gasteiger partial charge on any atom is -0.358 e. The Morgan fingerprint density at radius 2 is 2.11 bits per heavy atom. The maximum atomic E-state index is 11.8. The lowest BCUT2D eigenvalue weighted by Gasteiger charge is -2.06. The lowest BCUT2D eigenvalue weighted by atomic mass is 10.5. The van der Waals surface area contributed by atoms with Crippen LogP contribution in [0.4, 0.5) is 5.82 Å². The van der Waals surface area contributed by atoms with Crippen molar-refractivity contribution in [3.63, 3.8) is 0 Å². The Kier molecular flexibility index (Phi) is 3.28. The molecule has 0 bridgehead atoms. The molecule has 1 N–H and O–H groups in total. The SMILES string of the molecule is Cc1csc(CNc2nn(C)c(=O)n(C)c2=O)n1. The van der Waals surface area contributed by atoms with Crippen molar-refractivity contribution >= 4 is 17.2 Å². The first kappa shape index (κ1) is 12.5. The number of anilines is 1. The lowest BCUT2D eigenvalue weighted by molar-refractivity contribution is 0.604. The van der Waals surface area contributed by atoms with Crippen LogP contribution in [-0.4, -0.2) is 19.3 Å². The summed E-state index contributed by atoms with van der Waals surface area (Å²) in [7, 11) is 2.92. The molecule has 0 spiro atoms. The van der Waals surface area contributed by atoms with E-state index in [4.69, 9.17) is 0 Å². The molecular weight excluding hydrogens is 254 g/mol. The van der Waals surface area contributed by atoms with E-state index in [9.17, 15) is 9.59 Å². The molecule has 2 rings (SSSR count). The van der Waals surface area contributed by atoms with Gasteiger partial charge >= 0.3 is 5.69 Å². The van der Waals surface area contributed by atoms with E-state index in [0.717, 1.165) is 20.0 Å². The molecule has 0 amide bonds. The molecule has 7 nitrogen and oxygen atoms in total. The number of aryl methyl sites for hydroxylation is 2. The second-order valence-electron chi connectivity index (χ2n) is 3.86. The largest absolute Gasteiger partial charge is 0.358 e. The van der Waals surface area contributed by atoms with Gasteiger partial charge in [-0.15, -0.1) is 16.4 Å². The van der Waals surface area contributed by atoms with Gasteiger partial charge in [0, 0.05) is 25.2 Å². The maximum Gasteiger partial charge on any atom is 0.346 e. The zero-order valence-electron chi connectivity index (χ0n) is 10.3. The third-order valence-corrected chi connectivity index (χ3v) is 3.36. The summed E-state index contributed by atoms with van der Waals surface area (Å²) >= 11 is 1.51. The number of nitrogens with one attached hydrogen (secondary N) is 1. The molecule has 0 saturated carbocycles. The van der Waals surface area contributed by atoms with Crippen molar-refractivity contribution in [2.45, 2.75) is 13.5 Å². The molecule has 0 saturated heterocycles. The smallest absolute Gasteiger partial charge is 0.346 e. The van der Waals surface area contributed by atoms with Crippen LogP contribution in [0.5, 0.6) is 0 Å². The Morgan fingerprint density at radius 3 is 2.72 bits per heavy atom. The molecule has 0 aromatic carbocycles. The standard InChI is InChI=1S/C10H13N5O2S/c1-6-5-18-7(12-6)4-11-8-9(16)14(2)10(17)15(3)13-8/h5H,4H2,1-3H3,(H,11,13). The highest BCUT2D eigenvalue weighted by Gasteiger charge is 2.08. The van der Waals surface area contributed by atoms with Crippen LogP contribution in [0.2, 0.25) is 0 Å². The number of hydrogen-bond acceptors (Lipinski definition) is 6. The number of rotatable bonds is 3. The summed E-state index contributed by atoms with van der Waals surface area (Å²) in [5, 5.41) is 9.59. The fourth-order valence-corrected chi connectivity index (χ4v) is 2.16. The summed E-state index contributed by atoms with van der Waals surface area (Å²) in [6.07, 6.45) is 0. The van der Waals surface area contributed by atoms with Crippen LogP contribution in [0.25, 0.3) is 0 Å². The molecule has 0 unspecified atom stereocenters. The first-order chi connectivity index (χ1) is 8.49. The third kappa shape index (κ3) is 2.33. The number of hydrogen-bond donors (Lipinski definition) is 1. The molecule has 0 aliphatic rings. The van der Waals surface area contributed by atoms with Gasteiger partial charge in [0.25, 0.3) is 5.56 Å². The van der Waals surface area contributed by atoms with Gasteiger partial charge in [-0.1, -0.05) is 0 Å². The van der Waals surface area contributed by atoms with Gasteiger partial charge in [0.2, 0.25) is 5.82 Å². The van der Waals surface area contributed by atoms with E-state index < -0.39 is 11.2 Å². The molecule has 18 heavy (non-hydrogen) atoms. The van der Waals surface area contributed by atoms with E-state index in [1.807, 2.05) is 12.3 Å². The lowest BCUT2D eigenvalue weighted by Crippen LogP contribution is -2.39. The average Bonchev–Trinajstić information content (AvgIpc) is 2.75. The van der Waals surface area contributed by atoms with Crippen molar-refractivity contribution in [1.82, 2.24) is 19.3 Å². The maximum absolute atomic E-state index is 11.8. The molecule has 8 heteroatoms. The minimum atomic E-state index is -0.448. The molecule has 2 aromatic heterocycles. The third-order valence-electron chi connectivity index (χ3n) is 2.39. The molecule has 96 valence electrons. The molecule has 0 aliphatic heterocycles. The second-order valence-corrected chi connectivity index (χ2v) is 4.80. The molecule has 2 aromatic rings. The van der Waals surface area contributed by atoms with Gasteiger partial charge < -0.3 is 5.32 Å². The quantitative estimate of drug-likeness (QED) is 0.836. The summed E-state index contributed by atoms with van der Waals surface area (Å²) in [4.78, 5) is 27.5. The zero-order valence-corrected chi connectivity index (χ0v) is 11.1. The van der Waals surface area contributed by atoms with Crippen LogP contribution in [0.3, 0.4) is 0 Å². The second kappa shape index (κ2) is 4.73. The van der Waals surface area contributed by atoms with Gasteiger partial charge in [-0.3, -0.25) is 9.36 Å². The van der Waals surface area contributed by atoms with E-state index in [1.165, 1.54) is 25.4 Å². The number of thiazole rings is 1. The monoisotopic (exact) mass is 267 g/mol. The summed E-state index contributed by atoms with van der Waals surface area (Å²) in [5.41, 5.74) is 0.0557. The average molecular weight is 267 g/mol. The van der Waals surface area contributed by atoms with Crippen LogP contribution >= 0.6 is 11.3 Å². The fourth-order valence-electron chi connectivity index (χ4n) is 1.45. The van der Waals surface area contributed by atoms with E-state index in [1.54, 1.807) is 0 Å². The van der Waals surface area contributed by atoms with Gasteiger partial charge in [-0.25, -0.2) is 14.5 Å². The van der Waals surface area contributed by atoms with E-state index in [-0.39, 0.29) is 5.82 Å². The van der Waals surface area contributed by atoms with Crippen LogP contribution < -0.4 is 16.6 Å². The topological polar surface area (TPSA) is 81.8 Å². The number of aromatic nitrogens is 4. The van der Waals surface area contributed by atoms with Crippen LogP contribution in [0.1, 0.15) is 10.7 Å². The summed E-state index contributed by atoms with van der Waals surface area (Å²) in [5.74, 6) is 0.146. The normalized spacial score (nSPS) is 10.6. The van der Waals surface area contributed by atoms with Crippen molar-refractivity contribution in [1.29, 1.82) is 0 Å². The summed E-state index contributed by atoms with van der Waals surface area (Å²) < 4.78 is 2.14. The Balaban J connectivity index is 2.25. The Morgan fingerprint density at radius 1 is 1.39 bits per heavy atom. The van der Waals surface area contributed by atoms with E-state index >= 15 is 0 Å². The van der Waals surface area contributed by atoms with Crippen molar-refractivity contribution < 1.29 is 0 Å². The highest BCUT2D eigenvalue weighted by molar-refractivity contribution is 7.09. The predicted octanol–water partition coefficient (Wildman–Crippen LogP) is -0.144. The van der Waals surface area contributed by atoms with Crippen LogP contribution in [0, 0.1) is 6.92 Å². The van der Waals surface area contributed by atoms with Gasteiger partial charge in [-0.05, 0) is 6.92 Å². The van der Waals surface area contributed by atoms with Crippen molar-refractivity contribution in [2.75, 3.05) is 5.32 Å². The molecule has 0 radical (unpaired) electrons. The van der Waals surface area contributed by atoms with Gasteiger partial charge in [0.1, 0.15) is 5.01 Å². The first-order valence-electron chi connectivity index (χ1n) is 5.28. The Hall–Kier alpha value is -1.96. The van der Waals surface area contributed by atoms with Crippen LogP contribution in [-0.2, 0) is 20.6 Å². The summed E-state index contributed by atoms with van der Waals surface area (Å²) in [6.45, 7) is 2.32. The molecule has 2 heterocycles. The van der Waals surface area contributed by atoms with Crippen molar-refractivity contribution in [3.8, 4) is 0 Å². The minimum absolute atomic E-state index is 0.146. The van der Waals surface area contributed by atoms with Gasteiger partial charge in [-0.2, -0.15) is 0 Å². The molecule has 0 atom stereocenters. The Bertz CT molecular complexity index is 684. The first-order valence-corrected chi connectivity index (χ1v) is 6.16. The van der Waals surface area contributed by atoms with E-state index in [2.05, 4.69) is 15.4 Å². The van der Waals surface area contributed by atoms with Crippen molar-refractivity contribution in [2.24, 2.45) is 14.1 Å². The summed E-state index contributed by atoms with van der Waals surface area (Å²) in [6, 6.07) is 0. The van der Waals surface area contributed by atoms with Crippen molar-refractivity contribution in [3.05, 3.63) is 36.9 Å². The highest BCUT2D eigenvalue weighted by Crippen LogP contribution is 2.09.